The molecule has 88 valence electrons. The number of aliphatic imine (C=N–C) groups is 1. The van der Waals surface area contributed by atoms with Crippen LogP contribution < -0.4 is 5.73 Å². The summed E-state index contributed by atoms with van der Waals surface area (Å²) in [4.78, 5) is 8.50. The molecule has 0 spiro atoms. The van der Waals surface area contributed by atoms with E-state index in [1.54, 1.807) is 6.92 Å². The van der Waals surface area contributed by atoms with E-state index in [4.69, 9.17) is 10.3 Å². The SMILES string of the molecule is Cc1nc(CCN=C(N)C2CCCC2)no1. The van der Waals surface area contributed by atoms with E-state index in [1.807, 2.05) is 0 Å². The van der Waals surface area contributed by atoms with E-state index in [2.05, 4.69) is 15.1 Å². The van der Waals surface area contributed by atoms with Gasteiger partial charge in [0.25, 0.3) is 0 Å². The van der Waals surface area contributed by atoms with Crippen LogP contribution in [0.3, 0.4) is 0 Å². The number of hydrogen-bond acceptors (Lipinski definition) is 4. The second-order valence-electron chi connectivity index (χ2n) is 4.27. The molecular weight excluding hydrogens is 204 g/mol. The summed E-state index contributed by atoms with van der Waals surface area (Å²) in [5, 5.41) is 3.81. The smallest absolute Gasteiger partial charge is 0.223 e. The summed E-state index contributed by atoms with van der Waals surface area (Å²) in [6.07, 6.45) is 5.65. The molecule has 5 nitrogen and oxygen atoms in total. The van der Waals surface area contributed by atoms with Gasteiger partial charge in [0, 0.05) is 25.8 Å². The number of amidine groups is 1. The molecule has 0 unspecified atom stereocenters. The molecule has 0 aliphatic heterocycles. The van der Waals surface area contributed by atoms with Gasteiger partial charge in [-0.2, -0.15) is 4.98 Å². The van der Waals surface area contributed by atoms with Gasteiger partial charge in [0.2, 0.25) is 5.89 Å². The highest BCUT2D eigenvalue weighted by atomic mass is 16.5. The van der Waals surface area contributed by atoms with Crippen LogP contribution in [0.4, 0.5) is 0 Å². The fraction of sp³-hybridized carbons (Fsp3) is 0.727. The summed E-state index contributed by atoms with van der Waals surface area (Å²) in [6, 6.07) is 0. The lowest BCUT2D eigenvalue weighted by atomic mass is 10.1. The molecule has 1 aromatic heterocycles. The van der Waals surface area contributed by atoms with E-state index >= 15 is 0 Å². The predicted molar refractivity (Wildman–Crippen MR) is 61.2 cm³/mol. The summed E-state index contributed by atoms with van der Waals surface area (Å²) in [5.41, 5.74) is 5.93. The van der Waals surface area contributed by atoms with Crippen molar-refractivity contribution in [2.24, 2.45) is 16.6 Å². The Hall–Kier alpha value is -1.39. The zero-order valence-corrected chi connectivity index (χ0v) is 9.65. The molecule has 1 aliphatic rings. The lowest BCUT2D eigenvalue weighted by Crippen LogP contribution is -2.22. The van der Waals surface area contributed by atoms with Crippen LogP contribution >= 0.6 is 0 Å². The maximum absolute atomic E-state index is 5.93. The normalized spacial score (nSPS) is 18.2. The molecule has 0 bridgehead atoms. The second kappa shape index (κ2) is 5.09. The molecule has 2 rings (SSSR count). The average molecular weight is 222 g/mol. The van der Waals surface area contributed by atoms with Crippen molar-refractivity contribution < 1.29 is 4.52 Å². The minimum absolute atomic E-state index is 0.506. The van der Waals surface area contributed by atoms with Crippen molar-refractivity contribution in [2.75, 3.05) is 6.54 Å². The van der Waals surface area contributed by atoms with Crippen molar-refractivity contribution in [2.45, 2.75) is 39.0 Å². The molecule has 0 aromatic carbocycles. The van der Waals surface area contributed by atoms with Crippen LogP contribution in [-0.4, -0.2) is 22.5 Å². The van der Waals surface area contributed by atoms with Crippen molar-refractivity contribution in [3.05, 3.63) is 11.7 Å². The molecule has 2 N–H and O–H groups in total. The monoisotopic (exact) mass is 222 g/mol. The van der Waals surface area contributed by atoms with Gasteiger partial charge in [0.1, 0.15) is 0 Å². The fourth-order valence-electron chi connectivity index (χ4n) is 2.08. The Labute approximate surface area is 95.1 Å². The Morgan fingerprint density at radius 1 is 1.50 bits per heavy atom. The summed E-state index contributed by atoms with van der Waals surface area (Å²) in [7, 11) is 0. The molecule has 1 aliphatic carbocycles. The van der Waals surface area contributed by atoms with E-state index in [1.165, 1.54) is 25.7 Å². The minimum atomic E-state index is 0.506. The Morgan fingerprint density at radius 3 is 2.88 bits per heavy atom. The van der Waals surface area contributed by atoms with Crippen LogP contribution in [0.2, 0.25) is 0 Å². The van der Waals surface area contributed by atoms with E-state index in [-0.39, 0.29) is 0 Å². The summed E-state index contributed by atoms with van der Waals surface area (Å²) in [6.45, 7) is 2.44. The molecular formula is C11H18N4O. The van der Waals surface area contributed by atoms with Gasteiger partial charge < -0.3 is 10.3 Å². The number of aryl methyl sites for hydroxylation is 1. The number of hydrogen-bond donors (Lipinski definition) is 1. The van der Waals surface area contributed by atoms with Crippen LogP contribution in [0.25, 0.3) is 0 Å². The zero-order valence-electron chi connectivity index (χ0n) is 9.65. The third kappa shape index (κ3) is 2.81. The Bertz CT molecular complexity index is 366. The van der Waals surface area contributed by atoms with Crippen molar-refractivity contribution in [1.82, 2.24) is 10.1 Å². The van der Waals surface area contributed by atoms with Crippen molar-refractivity contribution in [3.8, 4) is 0 Å². The molecule has 5 heteroatoms. The molecule has 1 saturated carbocycles. The minimum Gasteiger partial charge on any atom is -0.387 e. The molecule has 1 fully saturated rings. The number of aromatic nitrogens is 2. The molecule has 1 heterocycles. The topological polar surface area (TPSA) is 77.3 Å². The lowest BCUT2D eigenvalue weighted by molar-refractivity contribution is 0.387. The third-order valence-electron chi connectivity index (χ3n) is 2.97. The largest absolute Gasteiger partial charge is 0.387 e. The van der Waals surface area contributed by atoms with E-state index in [0.29, 0.717) is 30.6 Å². The fourth-order valence-corrected chi connectivity index (χ4v) is 2.08. The molecule has 1 aromatic rings. The van der Waals surface area contributed by atoms with Gasteiger partial charge >= 0.3 is 0 Å². The van der Waals surface area contributed by atoms with E-state index in [0.717, 1.165) is 5.84 Å². The van der Waals surface area contributed by atoms with Gasteiger partial charge in [-0.15, -0.1) is 0 Å². The highest BCUT2D eigenvalue weighted by molar-refractivity contribution is 5.83. The van der Waals surface area contributed by atoms with Crippen molar-refractivity contribution in [3.63, 3.8) is 0 Å². The highest BCUT2D eigenvalue weighted by Crippen LogP contribution is 2.24. The summed E-state index contributed by atoms with van der Waals surface area (Å²) in [5.74, 6) is 2.62. The Balaban J connectivity index is 1.79. The quantitative estimate of drug-likeness (QED) is 0.618. The first-order valence-corrected chi connectivity index (χ1v) is 5.84. The lowest BCUT2D eigenvalue weighted by Gasteiger charge is -2.07. The van der Waals surface area contributed by atoms with Crippen LogP contribution in [0.5, 0.6) is 0 Å². The van der Waals surface area contributed by atoms with Gasteiger partial charge in [-0.3, -0.25) is 4.99 Å². The maximum atomic E-state index is 5.93. The molecule has 0 radical (unpaired) electrons. The summed E-state index contributed by atoms with van der Waals surface area (Å²) >= 11 is 0. The first-order valence-electron chi connectivity index (χ1n) is 5.84. The van der Waals surface area contributed by atoms with Crippen molar-refractivity contribution >= 4 is 5.84 Å². The average Bonchev–Trinajstić information content (AvgIpc) is 2.89. The zero-order chi connectivity index (χ0) is 11.4. The van der Waals surface area contributed by atoms with Crippen molar-refractivity contribution in [1.29, 1.82) is 0 Å². The standard InChI is InChI=1S/C11H18N4O/c1-8-14-10(15-16-8)6-7-13-11(12)9-4-2-3-5-9/h9H,2-7H2,1H3,(H2,12,13). The van der Waals surface area contributed by atoms with Gasteiger partial charge in [-0.1, -0.05) is 18.0 Å². The van der Waals surface area contributed by atoms with E-state index in [9.17, 15) is 0 Å². The number of nitrogens with zero attached hydrogens (tertiary/aromatic N) is 3. The first kappa shape index (κ1) is 11.1. The third-order valence-corrected chi connectivity index (χ3v) is 2.97. The van der Waals surface area contributed by atoms with Gasteiger partial charge in [0.05, 0.1) is 5.84 Å². The van der Waals surface area contributed by atoms with Gasteiger partial charge in [0.15, 0.2) is 5.82 Å². The Morgan fingerprint density at radius 2 is 2.25 bits per heavy atom. The highest BCUT2D eigenvalue weighted by Gasteiger charge is 2.18. The number of rotatable bonds is 4. The van der Waals surface area contributed by atoms with Gasteiger partial charge in [-0.05, 0) is 12.8 Å². The first-order chi connectivity index (χ1) is 7.75. The predicted octanol–water partition coefficient (Wildman–Crippen LogP) is 1.47. The van der Waals surface area contributed by atoms with Gasteiger partial charge in [-0.25, -0.2) is 0 Å². The molecule has 0 amide bonds. The van der Waals surface area contributed by atoms with E-state index < -0.39 is 0 Å². The van der Waals surface area contributed by atoms with Crippen LogP contribution in [-0.2, 0) is 6.42 Å². The second-order valence-corrected chi connectivity index (χ2v) is 4.27. The number of nitrogens with two attached hydrogens (primary N) is 1. The maximum Gasteiger partial charge on any atom is 0.223 e. The van der Waals surface area contributed by atoms with Crippen LogP contribution in [0.15, 0.2) is 9.52 Å². The Kier molecular flexibility index (Phi) is 3.54. The van der Waals surface area contributed by atoms with Crippen LogP contribution in [0.1, 0.15) is 37.4 Å². The molecule has 16 heavy (non-hydrogen) atoms. The molecule has 0 atom stereocenters. The summed E-state index contributed by atoms with van der Waals surface area (Å²) < 4.78 is 4.88. The van der Waals surface area contributed by atoms with Crippen LogP contribution in [0, 0.1) is 12.8 Å². The molecule has 0 saturated heterocycles.